The van der Waals surface area contributed by atoms with Crippen molar-refractivity contribution >= 4 is 28.6 Å². The predicted molar refractivity (Wildman–Crippen MR) is 143 cm³/mol. The van der Waals surface area contributed by atoms with E-state index in [1.807, 2.05) is 19.1 Å². The number of likely N-dealkylation sites (N-methyl/N-ethyl adjacent to an activating group) is 1. The Morgan fingerprint density at radius 3 is 2.60 bits per heavy atom. The first-order valence-corrected chi connectivity index (χ1v) is 13.5. The summed E-state index contributed by atoms with van der Waals surface area (Å²) in [7, 11) is 2.18. The van der Waals surface area contributed by atoms with E-state index in [4.69, 9.17) is 21.3 Å². The average Bonchev–Trinajstić information content (AvgIpc) is 3.32. The Kier molecular flexibility index (Phi) is 7.37. The van der Waals surface area contributed by atoms with Gasteiger partial charge in [-0.2, -0.15) is 0 Å². The molecular formula is C26H33ClN6OS. The molecule has 0 aliphatic carbocycles. The van der Waals surface area contributed by atoms with E-state index >= 15 is 0 Å². The Balaban J connectivity index is 1.46. The number of aromatic nitrogens is 3. The summed E-state index contributed by atoms with van der Waals surface area (Å²) in [6.45, 7) is 13.0. The second-order valence-corrected chi connectivity index (χ2v) is 11.1. The molecule has 1 unspecified atom stereocenters. The van der Waals surface area contributed by atoms with Gasteiger partial charge in [-0.05, 0) is 65.0 Å². The van der Waals surface area contributed by atoms with Crippen LogP contribution in [0.4, 0.5) is 0 Å². The molecule has 0 radical (unpaired) electrons. The smallest absolute Gasteiger partial charge is 0.164 e. The van der Waals surface area contributed by atoms with Crippen LogP contribution in [0.3, 0.4) is 0 Å². The van der Waals surface area contributed by atoms with E-state index in [1.165, 1.54) is 16.0 Å². The fraction of sp³-hybridized carbons (Fsp3) is 0.500. The first-order valence-electron chi connectivity index (χ1n) is 12.3. The number of morpholine rings is 1. The Morgan fingerprint density at radius 2 is 1.86 bits per heavy atom. The van der Waals surface area contributed by atoms with Gasteiger partial charge in [0.1, 0.15) is 16.9 Å². The zero-order chi connectivity index (χ0) is 24.5. The number of benzene rings is 1. The van der Waals surface area contributed by atoms with Gasteiger partial charge in [0, 0.05) is 40.7 Å². The molecule has 0 spiro atoms. The maximum Gasteiger partial charge on any atom is 0.164 e. The molecule has 1 aromatic carbocycles. The molecule has 2 aliphatic heterocycles. The van der Waals surface area contributed by atoms with E-state index in [0.717, 1.165) is 85.3 Å². The van der Waals surface area contributed by atoms with Gasteiger partial charge in [0.15, 0.2) is 5.82 Å². The van der Waals surface area contributed by atoms with E-state index in [-0.39, 0.29) is 6.04 Å². The van der Waals surface area contributed by atoms with Crippen LogP contribution in [0.2, 0.25) is 5.02 Å². The lowest BCUT2D eigenvalue weighted by Gasteiger charge is -2.27. The van der Waals surface area contributed by atoms with Crippen LogP contribution < -0.4 is 0 Å². The fourth-order valence-electron chi connectivity index (χ4n) is 4.89. The monoisotopic (exact) mass is 512 g/mol. The molecule has 186 valence electrons. The molecule has 2 aromatic heterocycles. The van der Waals surface area contributed by atoms with Gasteiger partial charge in [0.05, 0.1) is 18.9 Å². The van der Waals surface area contributed by atoms with Crippen molar-refractivity contribution in [2.24, 2.45) is 4.99 Å². The summed E-state index contributed by atoms with van der Waals surface area (Å²) in [6, 6.07) is 7.90. The summed E-state index contributed by atoms with van der Waals surface area (Å²) in [6.07, 6.45) is 1.12. The van der Waals surface area contributed by atoms with Crippen LogP contribution in [0, 0.1) is 20.8 Å². The highest BCUT2D eigenvalue weighted by Crippen LogP contribution is 2.39. The van der Waals surface area contributed by atoms with Gasteiger partial charge >= 0.3 is 0 Å². The number of hydrogen-bond acceptors (Lipinski definition) is 7. The van der Waals surface area contributed by atoms with Gasteiger partial charge in [-0.3, -0.25) is 14.5 Å². The molecule has 0 amide bonds. The van der Waals surface area contributed by atoms with Gasteiger partial charge in [-0.1, -0.05) is 23.7 Å². The molecule has 0 N–H and O–H groups in total. The predicted octanol–water partition coefficient (Wildman–Crippen LogP) is 4.45. The Labute approximate surface area is 216 Å². The number of ether oxygens (including phenoxy) is 1. The Morgan fingerprint density at radius 1 is 1.11 bits per heavy atom. The molecule has 0 saturated carbocycles. The van der Waals surface area contributed by atoms with E-state index in [9.17, 15) is 0 Å². The van der Waals surface area contributed by atoms with Crippen LogP contribution in [0.1, 0.15) is 45.7 Å². The molecule has 1 saturated heterocycles. The molecule has 35 heavy (non-hydrogen) atoms. The van der Waals surface area contributed by atoms with Crippen molar-refractivity contribution in [2.75, 3.05) is 53.0 Å². The molecule has 9 heteroatoms. The number of fused-ring (bicyclic) bond motifs is 3. The molecule has 5 rings (SSSR count). The number of aryl methyl sites for hydroxylation is 2. The number of aliphatic imine (C=N–C) groups is 1. The Hall–Kier alpha value is -2.10. The normalized spacial score (nSPS) is 18.3. The van der Waals surface area contributed by atoms with Crippen molar-refractivity contribution in [3.05, 3.63) is 62.5 Å². The second kappa shape index (κ2) is 10.5. The largest absolute Gasteiger partial charge is 0.379 e. The zero-order valence-electron chi connectivity index (χ0n) is 20.9. The highest BCUT2D eigenvalue weighted by Gasteiger charge is 2.31. The number of nitrogens with zero attached hydrogens (tertiary/aromatic N) is 6. The van der Waals surface area contributed by atoms with Crippen LogP contribution >= 0.6 is 22.9 Å². The van der Waals surface area contributed by atoms with Crippen LogP contribution in [-0.4, -0.2) is 83.3 Å². The van der Waals surface area contributed by atoms with Crippen LogP contribution in [-0.2, 0) is 4.74 Å². The zero-order valence-corrected chi connectivity index (χ0v) is 22.5. The molecule has 3 aromatic rings. The first-order chi connectivity index (χ1) is 16.9. The van der Waals surface area contributed by atoms with Crippen LogP contribution in [0.15, 0.2) is 29.3 Å². The highest BCUT2D eigenvalue weighted by molar-refractivity contribution is 7.15. The lowest BCUT2D eigenvalue weighted by molar-refractivity contribution is 0.0363. The molecule has 0 bridgehead atoms. The maximum absolute atomic E-state index is 6.22. The van der Waals surface area contributed by atoms with Gasteiger partial charge < -0.3 is 9.64 Å². The van der Waals surface area contributed by atoms with Crippen molar-refractivity contribution in [2.45, 2.75) is 33.2 Å². The summed E-state index contributed by atoms with van der Waals surface area (Å²) < 4.78 is 7.70. The minimum absolute atomic E-state index is 0.116. The summed E-state index contributed by atoms with van der Waals surface area (Å²) in [4.78, 5) is 11.5. The molecule has 1 atom stereocenters. The second-order valence-electron chi connectivity index (χ2n) is 9.47. The summed E-state index contributed by atoms with van der Waals surface area (Å²) in [5, 5.41) is 11.0. The van der Waals surface area contributed by atoms with E-state index in [0.29, 0.717) is 0 Å². The van der Waals surface area contributed by atoms with Crippen molar-refractivity contribution < 1.29 is 4.74 Å². The highest BCUT2D eigenvalue weighted by atomic mass is 35.5. The minimum Gasteiger partial charge on any atom is -0.379 e. The van der Waals surface area contributed by atoms with Gasteiger partial charge in [0.2, 0.25) is 0 Å². The van der Waals surface area contributed by atoms with E-state index in [1.54, 1.807) is 11.3 Å². The third-order valence-corrected chi connectivity index (χ3v) is 8.40. The van der Waals surface area contributed by atoms with Gasteiger partial charge in [0.25, 0.3) is 0 Å². The number of rotatable bonds is 7. The SMILES string of the molecule is Cc1sc2c(c1C)C(c1ccc(Cl)cc1)=NC(CN(C)CCCN1CCOCC1)c1nnc(C)n1-2. The molecule has 7 nitrogen and oxygen atoms in total. The Bertz CT molecular complexity index is 1210. The van der Waals surface area contributed by atoms with Gasteiger partial charge in [-0.25, -0.2) is 0 Å². The van der Waals surface area contributed by atoms with Crippen LogP contribution in [0.25, 0.3) is 5.00 Å². The first kappa shape index (κ1) is 24.6. The lowest BCUT2D eigenvalue weighted by Crippen LogP contribution is -2.38. The van der Waals surface area contributed by atoms with Gasteiger partial charge in [-0.15, -0.1) is 21.5 Å². The minimum atomic E-state index is -0.116. The van der Waals surface area contributed by atoms with Crippen molar-refractivity contribution in [3.63, 3.8) is 0 Å². The third kappa shape index (κ3) is 5.08. The van der Waals surface area contributed by atoms with E-state index < -0.39 is 0 Å². The third-order valence-electron chi connectivity index (χ3n) is 6.96. The molecule has 1 fully saturated rings. The van der Waals surface area contributed by atoms with E-state index in [2.05, 4.69) is 57.6 Å². The standard InChI is InChI=1S/C26H33ClN6OS/c1-17-18(2)35-26-23(17)24(20-6-8-21(27)9-7-20)28-22(25-30-29-19(3)33(25)26)16-31(4)10-5-11-32-12-14-34-15-13-32/h6-9,22H,5,10-16H2,1-4H3. The maximum atomic E-state index is 6.22. The molecule has 4 heterocycles. The number of hydrogen-bond donors (Lipinski definition) is 0. The van der Waals surface area contributed by atoms with Crippen LogP contribution in [0.5, 0.6) is 0 Å². The lowest BCUT2D eigenvalue weighted by atomic mass is 10.00. The number of thiophene rings is 1. The van der Waals surface area contributed by atoms with Crippen molar-refractivity contribution in [1.82, 2.24) is 24.6 Å². The number of halogens is 1. The quantitative estimate of drug-likeness (QED) is 0.468. The summed E-state index contributed by atoms with van der Waals surface area (Å²) in [5.41, 5.74) is 4.52. The van der Waals surface area contributed by atoms with Crippen molar-refractivity contribution in [3.8, 4) is 5.00 Å². The summed E-state index contributed by atoms with van der Waals surface area (Å²) in [5.74, 6) is 1.81. The topological polar surface area (TPSA) is 58.8 Å². The molecular weight excluding hydrogens is 480 g/mol. The average molecular weight is 513 g/mol. The van der Waals surface area contributed by atoms with Crippen molar-refractivity contribution in [1.29, 1.82) is 0 Å². The molecule has 2 aliphatic rings. The summed E-state index contributed by atoms with van der Waals surface area (Å²) >= 11 is 8.01. The fourth-order valence-corrected chi connectivity index (χ4v) is 6.23.